The van der Waals surface area contributed by atoms with E-state index in [0.717, 1.165) is 36.1 Å². The van der Waals surface area contributed by atoms with Crippen LogP contribution in [0.15, 0.2) is 48.5 Å². The Balaban J connectivity index is 1.61. The van der Waals surface area contributed by atoms with Gasteiger partial charge in [-0.05, 0) is 42.7 Å². The van der Waals surface area contributed by atoms with E-state index in [9.17, 15) is 5.11 Å². The molecular weight excluding hydrogens is 236 g/mol. The molecule has 0 saturated heterocycles. The molecular formula is C16H16N2O. The van der Waals surface area contributed by atoms with Crippen LogP contribution in [0.5, 0.6) is 5.75 Å². The number of nitrogens with one attached hydrogen (secondary N) is 1. The number of H-pyrrole nitrogens is 1. The van der Waals surface area contributed by atoms with Crippen LogP contribution < -0.4 is 0 Å². The van der Waals surface area contributed by atoms with E-state index in [1.807, 2.05) is 36.4 Å². The number of aryl methyl sites for hydroxylation is 2. The molecule has 0 unspecified atom stereocenters. The van der Waals surface area contributed by atoms with Gasteiger partial charge in [-0.25, -0.2) is 4.98 Å². The first-order valence-corrected chi connectivity index (χ1v) is 6.53. The van der Waals surface area contributed by atoms with Crippen molar-refractivity contribution in [3.8, 4) is 5.75 Å². The van der Waals surface area contributed by atoms with Gasteiger partial charge in [-0.15, -0.1) is 0 Å². The number of aromatic hydroxyl groups is 1. The van der Waals surface area contributed by atoms with Crippen LogP contribution in [0.3, 0.4) is 0 Å². The Labute approximate surface area is 111 Å². The summed E-state index contributed by atoms with van der Waals surface area (Å²) < 4.78 is 0. The Kier molecular flexibility index (Phi) is 3.19. The quantitative estimate of drug-likeness (QED) is 0.747. The average Bonchev–Trinajstić information content (AvgIpc) is 2.83. The van der Waals surface area contributed by atoms with E-state index in [1.165, 1.54) is 5.56 Å². The van der Waals surface area contributed by atoms with Gasteiger partial charge in [-0.3, -0.25) is 0 Å². The van der Waals surface area contributed by atoms with Crippen LogP contribution in [0.1, 0.15) is 17.8 Å². The SMILES string of the molecule is Oc1ccc(CCCc2nc3ccccc3[nH]2)cc1. The van der Waals surface area contributed by atoms with Crippen molar-refractivity contribution in [1.29, 1.82) is 0 Å². The lowest BCUT2D eigenvalue weighted by molar-refractivity contribution is 0.475. The Morgan fingerprint density at radius 2 is 1.74 bits per heavy atom. The molecule has 3 heteroatoms. The summed E-state index contributed by atoms with van der Waals surface area (Å²) in [5.74, 6) is 1.36. The summed E-state index contributed by atoms with van der Waals surface area (Å²) in [5.41, 5.74) is 3.37. The monoisotopic (exact) mass is 252 g/mol. The number of aromatic nitrogens is 2. The normalized spacial score (nSPS) is 10.9. The summed E-state index contributed by atoms with van der Waals surface area (Å²) in [4.78, 5) is 7.90. The first-order valence-electron chi connectivity index (χ1n) is 6.53. The minimum atomic E-state index is 0.320. The lowest BCUT2D eigenvalue weighted by atomic mass is 10.1. The van der Waals surface area contributed by atoms with Gasteiger partial charge in [-0.2, -0.15) is 0 Å². The predicted octanol–water partition coefficient (Wildman–Crippen LogP) is 3.44. The van der Waals surface area contributed by atoms with E-state index >= 15 is 0 Å². The first kappa shape index (κ1) is 11.8. The lowest BCUT2D eigenvalue weighted by Crippen LogP contribution is -1.91. The second-order valence-corrected chi connectivity index (χ2v) is 4.72. The highest BCUT2D eigenvalue weighted by molar-refractivity contribution is 5.74. The van der Waals surface area contributed by atoms with Crippen LogP contribution in [0, 0.1) is 0 Å². The van der Waals surface area contributed by atoms with Gasteiger partial charge in [0, 0.05) is 6.42 Å². The third-order valence-electron chi connectivity index (χ3n) is 3.25. The number of hydrogen-bond donors (Lipinski definition) is 2. The van der Waals surface area contributed by atoms with E-state index in [0.29, 0.717) is 5.75 Å². The molecule has 0 amide bonds. The molecule has 96 valence electrons. The number of aromatic amines is 1. The van der Waals surface area contributed by atoms with Crippen LogP contribution in [0.2, 0.25) is 0 Å². The van der Waals surface area contributed by atoms with Crippen molar-refractivity contribution in [3.63, 3.8) is 0 Å². The predicted molar refractivity (Wildman–Crippen MR) is 76.2 cm³/mol. The third kappa shape index (κ3) is 2.76. The fourth-order valence-electron chi connectivity index (χ4n) is 2.25. The fraction of sp³-hybridized carbons (Fsp3) is 0.188. The molecule has 0 fully saturated rings. The van der Waals surface area contributed by atoms with Gasteiger partial charge < -0.3 is 10.1 Å². The molecule has 2 N–H and O–H groups in total. The molecule has 0 radical (unpaired) electrons. The number of phenols is 1. The van der Waals surface area contributed by atoms with Crippen LogP contribution in [0.4, 0.5) is 0 Å². The summed E-state index contributed by atoms with van der Waals surface area (Å²) in [5, 5.41) is 9.23. The number of fused-ring (bicyclic) bond motifs is 1. The highest BCUT2D eigenvalue weighted by atomic mass is 16.3. The van der Waals surface area contributed by atoms with E-state index in [-0.39, 0.29) is 0 Å². The molecule has 3 rings (SSSR count). The number of nitrogens with zero attached hydrogens (tertiary/aromatic N) is 1. The van der Waals surface area contributed by atoms with E-state index in [1.54, 1.807) is 12.1 Å². The van der Waals surface area contributed by atoms with E-state index in [2.05, 4.69) is 9.97 Å². The second kappa shape index (κ2) is 5.14. The Morgan fingerprint density at radius 3 is 2.53 bits per heavy atom. The van der Waals surface area contributed by atoms with Crippen LogP contribution in [-0.2, 0) is 12.8 Å². The summed E-state index contributed by atoms with van der Waals surface area (Å²) in [6, 6.07) is 15.5. The van der Waals surface area contributed by atoms with Gasteiger partial charge in [0.2, 0.25) is 0 Å². The van der Waals surface area contributed by atoms with Gasteiger partial charge >= 0.3 is 0 Å². The molecule has 0 aliphatic heterocycles. The smallest absolute Gasteiger partial charge is 0.115 e. The van der Waals surface area contributed by atoms with Gasteiger partial charge in [0.15, 0.2) is 0 Å². The number of rotatable bonds is 4. The van der Waals surface area contributed by atoms with Crippen molar-refractivity contribution < 1.29 is 5.11 Å². The van der Waals surface area contributed by atoms with E-state index in [4.69, 9.17) is 0 Å². The van der Waals surface area contributed by atoms with Crippen molar-refractivity contribution in [1.82, 2.24) is 9.97 Å². The van der Waals surface area contributed by atoms with Gasteiger partial charge in [0.1, 0.15) is 11.6 Å². The van der Waals surface area contributed by atoms with Crippen LogP contribution in [0.25, 0.3) is 11.0 Å². The zero-order valence-electron chi connectivity index (χ0n) is 10.6. The number of benzene rings is 2. The maximum atomic E-state index is 9.23. The second-order valence-electron chi connectivity index (χ2n) is 4.72. The van der Waals surface area contributed by atoms with Crippen molar-refractivity contribution in [2.24, 2.45) is 0 Å². The topological polar surface area (TPSA) is 48.9 Å². The summed E-state index contributed by atoms with van der Waals surface area (Å²) in [6.07, 6.45) is 2.98. The minimum Gasteiger partial charge on any atom is -0.508 e. The molecule has 1 aromatic heterocycles. The minimum absolute atomic E-state index is 0.320. The Morgan fingerprint density at radius 1 is 0.947 bits per heavy atom. The largest absolute Gasteiger partial charge is 0.508 e. The van der Waals surface area contributed by atoms with Crippen LogP contribution >= 0.6 is 0 Å². The molecule has 1 heterocycles. The van der Waals surface area contributed by atoms with Crippen LogP contribution in [-0.4, -0.2) is 15.1 Å². The molecule has 0 aliphatic carbocycles. The average molecular weight is 252 g/mol. The Hall–Kier alpha value is -2.29. The molecule has 19 heavy (non-hydrogen) atoms. The molecule has 0 saturated carbocycles. The maximum absolute atomic E-state index is 9.23. The number of para-hydroxylation sites is 2. The van der Waals surface area contributed by atoms with Gasteiger partial charge in [-0.1, -0.05) is 24.3 Å². The maximum Gasteiger partial charge on any atom is 0.115 e. The molecule has 3 aromatic rings. The molecule has 0 bridgehead atoms. The molecule has 3 nitrogen and oxygen atoms in total. The van der Waals surface area contributed by atoms with Crippen molar-refractivity contribution in [2.45, 2.75) is 19.3 Å². The number of hydrogen-bond acceptors (Lipinski definition) is 2. The van der Waals surface area contributed by atoms with Gasteiger partial charge in [0.05, 0.1) is 11.0 Å². The third-order valence-corrected chi connectivity index (χ3v) is 3.25. The van der Waals surface area contributed by atoms with E-state index < -0.39 is 0 Å². The summed E-state index contributed by atoms with van der Waals surface area (Å²) in [6.45, 7) is 0. The summed E-state index contributed by atoms with van der Waals surface area (Å²) >= 11 is 0. The summed E-state index contributed by atoms with van der Waals surface area (Å²) in [7, 11) is 0. The lowest BCUT2D eigenvalue weighted by Gasteiger charge is -2.00. The fourth-order valence-corrected chi connectivity index (χ4v) is 2.25. The van der Waals surface area contributed by atoms with Crippen molar-refractivity contribution in [3.05, 3.63) is 59.9 Å². The molecule has 0 spiro atoms. The zero-order valence-corrected chi connectivity index (χ0v) is 10.6. The molecule has 0 atom stereocenters. The number of imidazole rings is 1. The standard InChI is InChI=1S/C16H16N2O/c19-13-10-8-12(9-11-13)4-3-7-16-17-14-5-1-2-6-15(14)18-16/h1-2,5-6,8-11,19H,3-4,7H2,(H,17,18). The van der Waals surface area contributed by atoms with Crippen molar-refractivity contribution >= 4 is 11.0 Å². The van der Waals surface area contributed by atoms with Crippen molar-refractivity contribution in [2.75, 3.05) is 0 Å². The molecule has 0 aliphatic rings. The highest BCUT2D eigenvalue weighted by Gasteiger charge is 2.02. The highest BCUT2D eigenvalue weighted by Crippen LogP contribution is 2.14. The zero-order chi connectivity index (χ0) is 13.1. The number of phenolic OH excluding ortho intramolecular Hbond substituents is 1. The Bertz CT molecular complexity index is 638. The first-order chi connectivity index (χ1) is 9.31. The van der Waals surface area contributed by atoms with Gasteiger partial charge in [0.25, 0.3) is 0 Å². The molecule has 2 aromatic carbocycles.